The van der Waals surface area contributed by atoms with Crippen molar-refractivity contribution in [1.82, 2.24) is 10.3 Å². The van der Waals surface area contributed by atoms with E-state index in [0.717, 1.165) is 38.4 Å². The Morgan fingerprint density at radius 3 is 2.50 bits per heavy atom. The molecule has 0 saturated carbocycles. The van der Waals surface area contributed by atoms with Crippen molar-refractivity contribution in [2.24, 2.45) is 0 Å². The van der Waals surface area contributed by atoms with Crippen LogP contribution in [-0.4, -0.2) is 49.7 Å². The molecular weight excluding hydrogens is 471 g/mol. The summed E-state index contributed by atoms with van der Waals surface area (Å²) in [5.74, 6) is -1.83. The number of hydrogen-bond acceptors (Lipinski definition) is 6. The maximum atomic E-state index is 14.9. The van der Waals surface area contributed by atoms with E-state index >= 15 is 0 Å². The third-order valence-corrected chi connectivity index (χ3v) is 6.25. The summed E-state index contributed by atoms with van der Waals surface area (Å²) in [6, 6.07) is 8.66. The van der Waals surface area contributed by atoms with Crippen LogP contribution in [0.4, 0.5) is 36.1 Å². The van der Waals surface area contributed by atoms with Gasteiger partial charge in [-0.2, -0.15) is 0 Å². The van der Waals surface area contributed by atoms with E-state index in [1.807, 2.05) is 4.90 Å². The van der Waals surface area contributed by atoms with Crippen molar-refractivity contribution in [3.8, 4) is 16.9 Å². The van der Waals surface area contributed by atoms with Crippen molar-refractivity contribution in [3.63, 3.8) is 0 Å². The molecule has 1 saturated heterocycles. The number of fused-ring (bicyclic) bond motifs is 1. The zero-order chi connectivity index (χ0) is 25.4. The molecule has 2 aliphatic heterocycles. The number of pyridine rings is 1. The minimum absolute atomic E-state index is 0.0417. The third-order valence-electron chi connectivity index (χ3n) is 6.25. The van der Waals surface area contributed by atoms with Gasteiger partial charge < -0.3 is 25.2 Å². The lowest BCUT2D eigenvalue weighted by Crippen LogP contribution is -2.43. The van der Waals surface area contributed by atoms with Crippen LogP contribution in [0.5, 0.6) is 5.75 Å². The fourth-order valence-corrected chi connectivity index (χ4v) is 4.58. The smallest absolute Gasteiger partial charge is 0.265 e. The third kappa shape index (κ3) is 4.56. The van der Waals surface area contributed by atoms with E-state index in [4.69, 9.17) is 4.74 Å². The quantitative estimate of drug-likeness (QED) is 0.543. The van der Waals surface area contributed by atoms with Crippen LogP contribution in [0.1, 0.15) is 13.8 Å². The number of halogens is 3. The highest BCUT2D eigenvalue weighted by atomic mass is 19.1. The fourth-order valence-electron chi connectivity index (χ4n) is 4.58. The van der Waals surface area contributed by atoms with Crippen molar-refractivity contribution in [2.45, 2.75) is 19.9 Å². The van der Waals surface area contributed by atoms with Gasteiger partial charge in [0.2, 0.25) is 0 Å². The molecule has 3 aromatic rings. The van der Waals surface area contributed by atoms with Crippen molar-refractivity contribution in [2.75, 3.05) is 47.9 Å². The molecule has 3 heterocycles. The Labute approximate surface area is 206 Å². The molecule has 0 atom stereocenters. The van der Waals surface area contributed by atoms with Gasteiger partial charge in [-0.15, -0.1) is 0 Å². The van der Waals surface area contributed by atoms with Gasteiger partial charge >= 0.3 is 0 Å². The van der Waals surface area contributed by atoms with Crippen LogP contribution in [0.3, 0.4) is 0 Å². The fraction of sp³-hybridized carbons (Fsp3) is 0.308. The Kier molecular flexibility index (Phi) is 6.44. The molecule has 5 rings (SSSR count). The zero-order valence-corrected chi connectivity index (χ0v) is 19.9. The van der Waals surface area contributed by atoms with E-state index in [9.17, 15) is 18.0 Å². The van der Waals surface area contributed by atoms with Crippen LogP contribution < -0.4 is 25.2 Å². The largest absolute Gasteiger partial charge is 0.478 e. The second-order valence-corrected chi connectivity index (χ2v) is 9.03. The highest BCUT2D eigenvalue weighted by molar-refractivity contribution is 5.99. The molecule has 0 bridgehead atoms. The number of nitrogens with one attached hydrogen (secondary N) is 2. The molecule has 0 aliphatic carbocycles. The Hall–Kier alpha value is -3.79. The molecule has 2 N–H and O–H groups in total. The number of nitrogens with zero attached hydrogens (tertiary/aromatic N) is 3. The molecule has 1 amide bonds. The molecule has 188 valence electrons. The van der Waals surface area contributed by atoms with Gasteiger partial charge in [0.25, 0.3) is 5.91 Å². The normalized spacial score (nSPS) is 15.7. The van der Waals surface area contributed by atoms with E-state index in [1.54, 1.807) is 26.0 Å². The van der Waals surface area contributed by atoms with E-state index in [0.29, 0.717) is 11.4 Å². The highest BCUT2D eigenvalue weighted by Crippen LogP contribution is 2.40. The number of amides is 1. The average molecular weight is 498 g/mol. The molecule has 0 spiro atoms. The first kappa shape index (κ1) is 23.9. The number of rotatable bonds is 5. The lowest BCUT2D eigenvalue weighted by atomic mass is 10.0. The lowest BCUT2D eigenvalue weighted by Gasteiger charge is -2.33. The minimum atomic E-state index is -0.697. The summed E-state index contributed by atoms with van der Waals surface area (Å²) in [4.78, 5) is 19.9. The van der Waals surface area contributed by atoms with Crippen molar-refractivity contribution in [1.29, 1.82) is 0 Å². The van der Waals surface area contributed by atoms with Crippen molar-refractivity contribution < 1.29 is 22.7 Å². The van der Waals surface area contributed by atoms with E-state index in [2.05, 4.69) is 15.6 Å². The standard InChI is InChI=1S/C26H26F3N5O2/c1-15(2)34-23-10-16(9-20(28)26(23)36-14-25(34)35)18-12-24(31-13-21(18)29)32-17-3-4-22(19(27)11-17)33-7-5-30-6-8-33/h3-4,9-13,15,30H,5-8,14H2,1-2H3,(H,31,32). The molecule has 2 aromatic carbocycles. The minimum Gasteiger partial charge on any atom is -0.478 e. The summed E-state index contributed by atoms with van der Waals surface area (Å²) in [6.45, 7) is 6.37. The number of ether oxygens (including phenoxy) is 1. The summed E-state index contributed by atoms with van der Waals surface area (Å²) in [6.07, 6.45) is 1.02. The van der Waals surface area contributed by atoms with Gasteiger partial charge in [0.05, 0.1) is 17.6 Å². The summed E-state index contributed by atoms with van der Waals surface area (Å²) in [5, 5.41) is 6.23. The van der Waals surface area contributed by atoms with Gasteiger partial charge in [-0.05, 0) is 55.8 Å². The van der Waals surface area contributed by atoms with E-state index in [1.165, 1.54) is 23.1 Å². The molecule has 36 heavy (non-hydrogen) atoms. The van der Waals surface area contributed by atoms with Gasteiger partial charge in [-0.1, -0.05) is 0 Å². The first-order valence-corrected chi connectivity index (χ1v) is 11.8. The molecule has 1 fully saturated rings. The predicted molar refractivity (Wildman–Crippen MR) is 132 cm³/mol. The van der Waals surface area contributed by atoms with Gasteiger partial charge in [0.1, 0.15) is 17.5 Å². The van der Waals surface area contributed by atoms with Crippen LogP contribution in [0, 0.1) is 17.5 Å². The van der Waals surface area contributed by atoms with Crippen LogP contribution in [-0.2, 0) is 4.79 Å². The second-order valence-electron chi connectivity index (χ2n) is 9.03. The van der Waals surface area contributed by atoms with Crippen LogP contribution >= 0.6 is 0 Å². The number of anilines is 4. The Morgan fingerprint density at radius 1 is 1.00 bits per heavy atom. The number of benzene rings is 2. The summed E-state index contributed by atoms with van der Waals surface area (Å²) >= 11 is 0. The van der Waals surface area contributed by atoms with E-state index in [-0.39, 0.29) is 52.8 Å². The SMILES string of the molecule is CC(C)N1C(=O)COc2c(F)cc(-c3cc(Nc4ccc(N5CCNCC5)c(F)c4)ncc3F)cc21. The summed E-state index contributed by atoms with van der Waals surface area (Å²) in [7, 11) is 0. The number of aromatic nitrogens is 1. The Morgan fingerprint density at radius 2 is 1.78 bits per heavy atom. The second kappa shape index (κ2) is 9.69. The van der Waals surface area contributed by atoms with E-state index < -0.39 is 11.6 Å². The maximum absolute atomic E-state index is 14.9. The van der Waals surface area contributed by atoms with Gasteiger partial charge in [-0.25, -0.2) is 18.2 Å². The molecule has 7 nitrogen and oxygen atoms in total. The Bertz CT molecular complexity index is 1310. The maximum Gasteiger partial charge on any atom is 0.265 e. The summed E-state index contributed by atoms with van der Waals surface area (Å²) in [5.41, 5.74) is 1.50. The van der Waals surface area contributed by atoms with Crippen LogP contribution in [0.15, 0.2) is 42.6 Å². The number of hydrogen-bond donors (Lipinski definition) is 2. The van der Waals surface area contributed by atoms with Crippen molar-refractivity contribution in [3.05, 3.63) is 60.0 Å². The predicted octanol–water partition coefficient (Wildman–Crippen LogP) is 4.45. The molecule has 1 aromatic heterocycles. The van der Waals surface area contributed by atoms with Gasteiger partial charge in [0.15, 0.2) is 18.2 Å². The summed E-state index contributed by atoms with van der Waals surface area (Å²) < 4.78 is 49.9. The molecule has 0 unspecified atom stereocenters. The van der Waals surface area contributed by atoms with Crippen LogP contribution in [0.2, 0.25) is 0 Å². The lowest BCUT2D eigenvalue weighted by molar-refractivity contribution is -0.121. The molecule has 2 aliphatic rings. The number of carbonyl (C=O) groups excluding carboxylic acids is 1. The molecule has 10 heteroatoms. The topological polar surface area (TPSA) is 69.7 Å². The molecular formula is C26H26F3N5O2. The first-order chi connectivity index (χ1) is 17.3. The highest BCUT2D eigenvalue weighted by Gasteiger charge is 2.31. The number of piperazine rings is 1. The monoisotopic (exact) mass is 497 g/mol. The van der Waals surface area contributed by atoms with Gasteiger partial charge in [0, 0.05) is 43.5 Å². The average Bonchev–Trinajstić information content (AvgIpc) is 2.85. The Balaban J connectivity index is 1.45. The van der Waals surface area contributed by atoms with Gasteiger partial charge in [-0.3, -0.25) is 4.79 Å². The zero-order valence-electron chi connectivity index (χ0n) is 19.9. The van der Waals surface area contributed by atoms with Crippen molar-refractivity contribution >= 4 is 28.8 Å². The molecule has 0 radical (unpaired) electrons. The first-order valence-electron chi connectivity index (χ1n) is 11.8. The number of carbonyl (C=O) groups is 1. The van der Waals surface area contributed by atoms with Crippen LogP contribution in [0.25, 0.3) is 11.1 Å².